The van der Waals surface area contributed by atoms with Crippen LogP contribution in [0, 0.1) is 6.92 Å². The first-order valence-corrected chi connectivity index (χ1v) is 7.59. The largest absolute Gasteiger partial charge is 0.370 e. The molecule has 5 heteroatoms. The molecule has 0 amide bonds. The van der Waals surface area contributed by atoms with Crippen molar-refractivity contribution in [1.82, 2.24) is 14.9 Å². The van der Waals surface area contributed by atoms with Crippen molar-refractivity contribution in [3.8, 4) is 0 Å². The van der Waals surface area contributed by atoms with Crippen molar-refractivity contribution in [3.63, 3.8) is 0 Å². The molecule has 0 radical (unpaired) electrons. The Hall–Kier alpha value is -2.14. The summed E-state index contributed by atoms with van der Waals surface area (Å²) in [5.41, 5.74) is 1.11. The van der Waals surface area contributed by atoms with Crippen LogP contribution in [0.1, 0.15) is 12.2 Å². The van der Waals surface area contributed by atoms with Gasteiger partial charge in [0.05, 0.1) is 0 Å². The summed E-state index contributed by atoms with van der Waals surface area (Å²) >= 11 is 0. The van der Waals surface area contributed by atoms with Gasteiger partial charge >= 0.3 is 0 Å². The van der Waals surface area contributed by atoms with E-state index in [1.54, 1.807) is 0 Å². The predicted molar refractivity (Wildman–Crippen MR) is 92.9 cm³/mol. The zero-order valence-electron chi connectivity index (χ0n) is 13.9. The number of para-hydroxylation sites is 1. The van der Waals surface area contributed by atoms with Crippen LogP contribution < -0.4 is 10.2 Å². The van der Waals surface area contributed by atoms with E-state index in [0.29, 0.717) is 0 Å². The molecule has 5 nitrogen and oxygen atoms in total. The van der Waals surface area contributed by atoms with Gasteiger partial charge in [-0.05, 0) is 46.1 Å². The number of nitrogens with zero attached hydrogens (tertiary/aromatic N) is 4. The van der Waals surface area contributed by atoms with E-state index >= 15 is 0 Å². The van der Waals surface area contributed by atoms with E-state index in [1.807, 2.05) is 38.2 Å². The van der Waals surface area contributed by atoms with Crippen LogP contribution in [0.5, 0.6) is 0 Å². The zero-order chi connectivity index (χ0) is 15.9. The maximum absolute atomic E-state index is 4.53. The molecule has 0 fully saturated rings. The minimum atomic E-state index is 0.774. The molecular formula is C17H25N5. The lowest BCUT2D eigenvalue weighted by Crippen LogP contribution is -2.17. The number of rotatable bonds is 7. The van der Waals surface area contributed by atoms with Crippen molar-refractivity contribution >= 4 is 17.3 Å². The van der Waals surface area contributed by atoms with Gasteiger partial charge in [0.1, 0.15) is 17.5 Å². The second kappa shape index (κ2) is 7.75. The van der Waals surface area contributed by atoms with Crippen molar-refractivity contribution in [3.05, 3.63) is 42.2 Å². The molecule has 0 spiro atoms. The fourth-order valence-corrected chi connectivity index (χ4v) is 2.21. The SMILES string of the molecule is Cc1nc(NCCCN(C)C)cc(N(C)c2ccccc2)n1. The van der Waals surface area contributed by atoms with E-state index in [0.717, 1.165) is 42.7 Å². The molecule has 118 valence electrons. The number of aromatic nitrogens is 2. The van der Waals surface area contributed by atoms with Gasteiger partial charge in [-0.2, -0.15) is 0 Å². The molecule has 0 atom stereocenters. The van der Waals surface area contributed by atoms with Crippen LogP contribution in [0.15, 0.2) is 36.4 Å². The van der Waals surface area contributed by atoms with Gasteiger partial charge < -0.3 is 15.1 Å². The fourth-order valence-electron chi connectivity index (χ4n) is 2.21. The maximum Gasteiger partial charge on any atom is 0.138 e. The third-order valence-corrected chi connectivity index (χ3v) is 3.40. The highest BCUT2D eigenvalue weighted by Crippen LogP contribution is 2.23. The smallest absolute Gasteiger partial charge is 0.138 e. The van der Waals surface area contributed by atoms with Gasteiger partial charge in [-0.15, -0.1) is 0 Å². The number of anilines is 3. The van der Waals surface area contributed by atoms with Gasteiger partial charge in [-0.3, -0.25) is 0 Å². The Morgan fingerprint density at radius 3 is 2.45 bits per heavy atom. The number of aryl methyl sites for hydroxylation is 1. The zero-order valence-corrected chi connectivity index (χ0v) is 13.9. The van der Waals surface area contributed by atoms with Gasteiger partial charge in [0, 0.05) is 25.3 Å². The van der Waals surface area contributed by atoms with Crippen LogP contribution >= 0.6 is 0 Å². The summed E-state index contributed by atoms with van der Waals surface area (Å²) in [5.74, 6) is 2.55. The van der Waals surface area contributed by atoms with E-state index in [9.17, 15) is 0 Å². The summed E-state index contributed by atoms with van der Waals surface area (Å²) in [5, 5.41) is 3.38. The lowest BCUT2D eigenvalue weighted by atomic mass is 10.3. The molecule has 0 aliphatic heterocycles. The Bertz CT molecular complexity index is 583. The minimum Gasteiger partial charge on any atom is -0.370 e. The third kappa shape index (κ3) is 4.70. The minimum absolute atomic E-state index is 0.774. The van der Waals surface area contributed by atoms with Gasteiger partial charge in [-0.25, -0.2) is 9.97 Å². The molecule has 0 aliphatic carbocycles. The summed E-state index contributed by atoms with van der Waals surface area (Å²) in [4.78, 5) is 13.2. The van der Waals surface area contributed by atoms with E-state index in [1.165, 1.54) is 0 Å². The average molecular weight is 299 g/mol. The highest BCUT2D eigenvalue weighted by atomic mass is 15.2. The summed E-state index contributed by atoms with van der Waals surface area (Å²) in [6.45, 7) is 3.89. The molecule has 0 bridgehead atoms. The maximum atomic E-state index is 4.53. The molecule has 1 N–H and O–H groups in total. The first-order chi connectivity index (χ1) is 10.6. The van der Waals surface area contributed by atoms with Crippen LogP contribution in [0.25, 0.3) is 0 Å². The highest BCUT2D eigenvalue weighted by molar-refractivity contribution is 5.61. The summed E-state index contributed by atoms with van der Waals surface area (Å²) in [6.07, 6.45) is 1.08. The van der Waals surface area contributed by atoms with Crippen molar-refractivity contribution in [1.29, 1.82) is 0 Å². The standard InChI is InChI=1S/C17H25N5/c1-14-19-16(18-11-8-12-21(2)3)13-17(20-14)22(4)15-9-6-5-7-10-15/h5-7,9-10,13H,8,11-12H2,1-4H3,(H,18,19,20). The molecule has 2 rings (SSSR count). The normalized spacial score (nSPS) is 10.8. The number of benzene rings is 1. The lowest BCUT2D eigenvalue weighted by Gasteiger charge is -2.19. The average Bonchev–Trinajstić information content (AvgIpc) is 2.51. The van der Waals surface area contributed by atoms with Gasteiger partial charge in [0.2, 0.25) is 0 Å². The van der Waals surface area contributed by atoms with Crippen LogP contribution in [-0.4, -0.2) is 49.1 Å². The Kier molecular flexibility index (Phi) is 5.72. The van der Waals surface area contributed by atoms with Gasteiger partial charge in [-0.1, -0.05) is 18.2 Å². The second-order valence-corrected chi connectivity index (χ2v) is 5.64. The molecule has 2 aromatic rings. The van der Waals surface area contributed by atoms with E-state index < -0.39 is 0 Å². The highest BCUT2D eigenvalue weighted by Gasteiger charge is 2.08. The van der Waals surface area contributed by atoms with E-state index in [-0.39, 0.29) is 0 Å². The molecule has 22 heavy (non-hydrogen) atoms. The van der Waals surface area contributed by atoms with E-state index in [2.05, 4.69) is 51.3 Å². The predicted octanol–water partition coefficient (Wildman–Crippen LogP) is 2.92. The first-order valence-electron chi connectivity index (χ1n) is 7.59. The Labute approximate surface area is 133 Å². The van der Waals surface area contributed by atoms with E-state index in [4.69, 9.17) is 0 Å². The van der Waals surface area contributed by atoms with Gasteiger partial charge in [0.25, 0.3) is 0 Å². The van der Waals surface area contributed by atoms with Crippen LogP contribution in [0.4, 0.5) is 17.3 Å². The number of hydrogen-bond acceptors (Lipinski definition) is 5. The molecule has 1 aromatic carbocycles. The number of nitrogens with one attached hydrogen (secondary N) is 1. The lowest BCUT2D eigenvalue weighted by molar-refractivity contribution is 0.405. The Morgan fingerprint density at radius 1 is 1.05 bits per heavy atom. The molecule has 0 saturated heterocycles. The molecule has 0 saturated carbocycles. The molecule has 1 heterocycles. The quantitative estimate of drug-likeness (QED) is 0.796. The van der Waals surface area contributed by atoms with Gasteiger partial charge in [0.15, 0.2) is 0 Å². The number of hydrogen-bond donors (Lipinski definition) is 1. The molecule has 1 aromatic heterocycles. The monoisotopic (exact) mass is 299 g/mol. The van der Waals surface area contributed by atoms with Crippen molar-refractivity contribution in [2.45, 2.75) is 13.3 Å². The first kappa shape index (κ1) is 16.2. The second-order valence-electron chi connectivity index (χ2n) is 5.64. The van der Waals surface area contributed by atoms with Crippen molar-refractivity contribution < 1.29 is 0 Å². The van der Waals surface area contributed by atoms with Crippen molar-refractivity contribution in [2.75, 3.05) is 44.4 Å². The Balaban J connectivity index is 2.06. The summed E-state index contributed by atoms with van der Waals surface area (Å²) in [7, 11) is 6.19. The molecular weight excluding hydrogens is 274 g/mol. The van der Waals surface area contributed by atoms with Crippen LogP contribution in [0.2, 0.25) is 0 Å². The van der Waals surface area contributed by atoms with Crippen LogP contribution in [-0.2, 0) is 0 Å². The van der Waals surface area contributed by atoms with Crippen LogP contribution in [0.3, 0.4) is 0 Å². The molecule has 0 unspecified atom stereocenters. The van der Waals surface area contributed by atoms with Crippen molar-refractivity contribution in [2.24, 2.45) is 0 Å². The topological polar surface area (TPSA) is 44.3 Å². The third-order valence-electron chi connectivity index (χ3n) is 3.40. The summed E-state index contributed by atoms with van der Waals surface area (Å²) in [6, 6.07) is 12.2. The summed E-state index contributed by atoms with van der Waals surface area (Å²) < 4.78 is 0. The molecule has 0 aliphatic rings. The Morgan fingerprint density at radius 2 is 1.77 bits per heavy atom. The fraction of sp³-hybridized carbons (Fsp3) is 0.412.